The van der Waals surface area contributed by atoms with Gasteiger partial charge in [0.25, 0.3) is 0 Å². The van der Waals surface area contributed by atoms with Gasteiger partial charge in [-0.05, 0) is 24.1 Å². The molecule has 2 aromatic heterocycles. The van der Waals surface area contributed by atoms with E-state index in [9.17, 15) is 27.5 Å². The molecule has 0 saturated heterocycles. The maximum Gasteiger partial charge on any atom is 0.422 e. The summed E-state index contributed by atoms with van der Waals surface area (Å²) < 4.78 is 63.4. The largest absolute Gasteiger partial charge is 0.495 e. The molecule has 0 unspecified atom stereocenters. The maximum absolute atomic E-state index is 13.4. The third kappa shape index (κ3) is 3.77. The number of hydrogen-bond acceptors (Lipinski definition) is 4. The van der Waals surface area contributed by atoms with Gasteiger partial charge in [-0.15, -0.1) is 0 Å². The summed E-state index contributed by atoms with van der Waals surface area (Å²) in [5, 5.41) is 9.59. The van der Waals surface area contributed by atoms with E-state index < -0.39 is 36.0 Å². The predicted molar refractivity (Wildman–Crippen MR) is 101 cm³/mol. The number of ether oxygens (including phenoxy) is 2. The minimum Gasteiger partial charge on any atom is -0.495 e. The van der Waals surface area contributed by atoms with Crippen LogP contribution >= 0.6 is 0 Å². The number of alkyl halides is 3. The van der Waals surface area contributed by atoms with Gasteiger partial charge >= 0.3 is 12.1 Å². The van der Waals surface area contributed by atoms with Gasteiger partial charge in [-0.25, -0.2) is 14.2 Å². The fraction of sp³-hybridized carbons (Fsp3) is 0.300. The molecule has 0 atom stereocenters. The Labute approximate surface area is 168 Å². The fourth-order valence-electron chi connectivity index (χ4n) is 3.33. The lowest BCUT2D eigenvalue weighted by atomic mass is 9.99. The molecule has 1 aromatic carbocycles. The number of methoxy groups -OCH3 is 1. The van der Waals surface area contributed by atoms with E-state index in [4.69, 9.17) is 9.47 Å². The molecular weight excluding hydrogens is 408 g/mol. The van der Waals surface area contributed by atoms with Crippen LogP contribution in [0.1, 0.15) is 23.1 Å². The number of rotatable bonds is 6. The first kappa shape index (κ1) is 21.4. The fourth-order valence-corrected chi connectivity index (χ4v) is 3.33. The van der Waals surface area contributed by atoms with E-state index in [1.807, 2.05) is 6.92 Å². The number of benzene rings is 1. The van der Waals surface area contributed by atoms with Crippen LogP contribution in [0.5, 0.6) is 11.5 Å². The standard InChI is InChI=1S/C20H18F4N2O4/c1-4-12-13(10-5-7-11(21)8-6-10)16(29-3)14-17(30-9-20(22,23)24)15(19(27)28)26(2)18(14)25-12/h5-8H,4,9H2,1-3H3,(H,27,28). The summed E-state index contributed by atoms with van der Waals surface area (Å²) in [6.45, 7) is 0.125. The molecule has 0 radical (unpaired) electrons. The lowest BCUT2D eigenvalue weighted by Crippen LogP contribution is -2.20. The Morgan fingerprint density at radius 1 is 1.20 bits per heavy atom. The Hall–Kier alpha value is -3.30. The van der Waals surface area contributed by atoms with E-state index in [0.717, 1.165) is 4.57 Å². The Morgan fingerprint density at radius 3 is 2.33 bits per heavy atom. The highest BCUT2D eigenvalue weighted by Gasteiger charge is 2.34. The van der Waals surface area contributed by atoms with Gasteiger partial charge in [0.1, 0.15) is 22.6 Å². The summed E-state index contributed by atoms with van der Waals surface area (Å²) in [6, 6.07) is 5.43. The first-order valence-electron chi connectivity index (χ1n) is 8.87. The van der Waals surface area contributed by atoms with Crippen molar-refractivity contribution in [3.63, 3.8) is 0 Å². The summed E-state index contributed by atoms with van der Waals surface area (Å²) >= 11 is 0. The number of pyridine rings is 1. The Balaban J connectivity index is 2.41. The van der Waals surface area contributed by atoms with E-state index in [1.165, 1.54) is 38.4 Å². The van der Waals surface area contributed by atoms with Gasteiger partial charge in [0.2, 0.25) is 0 Å². The number of aromatic carboxylic acids is 1. The summed E-state index contributed by atoms with van der Waals surface area (Å²) in [5.41, 5.74) is 1.06. The summed E-state index contributed by atoms with van der Waals surface area (Å²) in [5.74, 6) is -2.33. The quantitative estimate of drug-likeness (QED) is 0.584. The van der Waals surface area contributed by atoms with Crippen LogP contribution in [0.25, 0.3) is 22.2 Å². The highest BCUT2D eigenvalue weighted by atomic mass is 19.4. The highest BCUT2D eigenvalue weighted by Crippen LogP contribution is 2.45. The Morgan fingerprint density at radius 2 is 1.83 bits per heavy atom. The summed E-state index contributed by atoms with van der Waals surface area (Å²) in [7, 11) is 2.68. The molecule has 160 valence electrons. The Kier molecular flexibility index (Phi) is 5.60. The smallest absolute Gasteiger partial charge is 0.422 e. The van der Waals surface area contributed by atoms with Gasteiger partial charge in [-0.3, -0.25) is 0 Å². The van der Waals surface area contributed by atoms with Crippen molar-refractivity contribution >= 4 is 17.0 Å². The first-order valence-corrected chi connectivity index (χ1v) is 8.87. The number of carbonyl (C=O) groups is 1. The predicted octanol–water partition coefficient (Wildman–Crippen LogP) is 4.59. The third-order valence-corrected chi connectivity index (χ3v) is 4.56. The molecule has 0 aliphatic carbocycles. The molecule has 3 aromatic rings. The number of hydrogen-bond donors (Lipinski definition) is 1. The minimum atomic E-state index is -4.68. The molecule has 0 saturated carbocycles. The number of aromatic nitrogens is 2. The number of aryl methyl sites for hydroxylation is 2. The van der Waals surface area contributed by atoms with Gasteiger partial charge in [0, 0.05) is 12.6 Å². The third-order valence-electron chi connectivity index (χ3n) is 4.56. The number of halogens is 4. The number of nitrogens with zero attached hydrogens (tertiary/aromatic N) is 2. The van der Waals surface area contributed by atoms with Crippen LogP contribution in [0.3, 0.4) is 0 Å². The lowest BCUT2D eigenvalue weighted by Gasteiger charge is -2.16. The second kappa shape index (κ2) is 7.85. The highest BCUT2D eigenvalue weighted by molar-refractivity contribution is 6.05. The van der Waals surface area contributed by atoms with Gasteiger partial charge in [0.15, 0.2) is 18.1 Å². The van der Waals surface area contributed by atoms with Gasteiger partial charge in [-0.1, -0.05) is 19.1 Å². The molecule has 1 N–H and O–H groups in total. The van der Waals surface area contributed by atoms with E-state index >= 15 is 0 Å². The van der Waals surface area contributed by atoms with E-state index in [2.05, 4.69) is 4.98 Å². The topological polar surface area (TPSA) is 73.6 Å². The molecule has 0 spiro atoms. The van der Waals surface area contributed by atoms with Gasteiger partial charge in [-0.2, -0.15) is 13.2 Å². The van der Waals surface area contributed by atoms with E-state index in [-0.39, 0.29) is 16.8 Å². The van der Waals surface area contributed by atoms with Crippen LogP contribution in [0.2, 0.25) is 0 Å². The molecule has 2 heterocycles. The summed E-state index contributed by atoms with van der Waals surface area (Å²) in [4.78, 5) is 16.3. The van der Waals surface area contributed by atoms with E-state index in [0.29, 0.717) is 23.2 Å². The zero-order valence-corrected chi connectivity index (χ0v) is 16.3. The zero-order chi connectivity index (χ0) is 22.2. The van der Waals surface area contributed by atoms with Crippen LogP contribution in [-0.4, -0.2) is 40.5 Å². The molecule has 10 heteroatoms. The second-order valence-corrected chi connectivity index (χ2v) is 6.47. The molecule has 6 nitrogen and oxygen atoms in total. The zero-order valence-electron chi connectivity index (χ0n) is 16.3. The second-order valence-electron chi connectivity index (χ2n) is 6.47. The lowest BCUT2D eigenvalue weighted by molar-refractivity contribution is -0.153. The maximum atomic E-state index is 13.4. The average Bonchev–Trinajstić information content (AvgIpc) is 2.97. The molecular formula is C20H18F4N2O4. The molecule has 0 amide bonds. The molecule has 0 aliphatic heterocycles. The van der Waals surface area contributed by atoms with Crippen molar-refractivity contribution < 1.29 is 36.9 Å². The molecule has 3 rings (SSSR count). The molecule has 0 bridgehead atoms. The average molecular weight is 426 g/mol. The van der Waals surface area contributed by atoms with Gasteiger partial charge < -0.3 is 19.1 Å². The van der Waals surface area contributed by atoms with Crippen molar-refractivity contribution in [1.29, 1.82) is 0 Å². The van der Waals surface area contributed by atoms with Crippen LogP contribution in [0, 0.1) is 5.82 Å². The van der Waals surface area contributed by atoms with Crippen molar-refractivity contribution in [3.8, 4) is 22.6 Å². The number of carboxylic acid groups (broad SMARTS) is 1. The monoisotopic (exact) mass is 426 g/mol. The number of carboxylic acids is 1. The van der Waals surface area contributed by atoms with Gasteiger partial charge in [0.05, 0.1) is 12.8 Å². The van der Waals surface area contributed by atoms with Crippen molar-refractivity contribution in [2.45, 2.75) is 19.5 Å². The first-order chi connectivity index (χ1) is 14.1. The van der Waals surface area contributed by atoms with Crippen molar-refractivity contribution in [1.82, 2.24) is 9.55 Å². The normalized spacial score (nSPS) is 11.7. The van der Waals surface area contributed by atoms with Crippen LogP contribution in [-0.2, 0) is 13.5 Å². The SMILES string of the molecule is CCc1nc2c(c(OC)c1-c1ccc(F)cc1)c(OCC(F)(F)F)c(C(=O)O)n2C. The van der Waals surface area contributed by atoms with Crippen molar-refractivity contribution in [2.75, 3.05) is 13.7 Å². The van der Waals surface area contributed by atoms with Crippen LogP contribution in [0.4, 0.5) is 17.6 Å². The summed E-state index contributed by atoms with van der Waals surface area (Å²) in [6.07, 6.45) is -4.27. The Bertz CT molecular complexity index is 1110. The molecule has 0 fully saturated rings. The molecule has 30 heavy (non-hydrogen) atoms. The molecule has 0 aliphatic rings. The van der Waals surface area contributed by atoms with Crippen LogP contribution < -0.4 is 9.47 Å². The minimum absolute atomic E-state index is 0.00169. The number of fused-ring (bicyclic) bond motifs is 1. The van der Waals surface area contributed by atoms with Crippen LogP contribution in [0.15, 0.2) is 24.3 Å². The van der Waals surface area contributed by atoms with Crippen molar-refractivity contribution in [3.05, 3.63) is 41.5 Å². The van der Waals surface area contributed by atoms with Crippen molar-refractivity contribution in [2.24, 2.45) is 7.05 Å². The van der Waals surface area contributed by atoms with E-state index in [1.54, 1.807) is 0 Å².